The van der Waals surface area contributed by atoms with Crippen molar-refractivity contribution >= 4 is 5.91 Å². The van der Waals surface area contributed by atoms with E-state index in [1.807, 2.05) is 11.8 Å². The molecule has 0 aromatic heterocycles. The third kappa shape index (κ3) is 4.14. The van der Waals surface area contributed by atoms with E-state index in [0.29, 0.717) is 12.1 Å². The van der Waals surface area contributed by atoms with Gasteiger partial charge in [-0.3, -0.25) is 4.79 Å². The van der Waals surface area contributed by atoms with Crippen LogP contribution in [0.2, 0.25) is 0 Å². The van der Waals surface area contributed by atoms with E-state index in [-0.39, 0.29) is 17.7 Å². The monoisotopic (exact) mass is 298 g/mol. The smallest absolute Gasteiger partial charge is 0.387 e. The SMILES string of the molecule is CCN(C(=O)c1ccc(OC(F)F)cc1)C1CCCNC1. The van der Waals surface area contributed by atoms with Crippen molar-refractivity contribution in [1.82, 2.24) is 10.2 Å². The summed E-state index contributed by atoms with van der Waals surface area (Å²) in [5.74, 6) is -0.0151. The van der Waals surface area contributed by atoms with Crippen molar-refractivity contribution in [3.05, 3.63) is 29.8 Å². The molecule has 1 saturated heterocycles. The van der Waals surface area contributed by atoms with E-state index < -0.39 is 6.61 Å². The van der Waals surface area contributed by atoms with Crippen molar-refractivity contribution in [2.75, 3.05) is 19.6 Å². The molecule has 1 unspecified atom stereocenters. The maximum Gasteiger partial charge on any atom is 0.387 e. The van der Waals surface area contributed by atoms with E-state index in [1.54, 1.807) is 0 Å². The standard InChI is InChI=1S/C15H20F2N2O2/c1-2-19(12-4-3-9-18-10-12)14(20)11-5-7-13(8-6-11)21-15(16)17/h5-8,12,15,18H,2-4,9-10H2,1H3. The number of hydrogen-bond donors (Lipinski definition) is 1. The van der Waals surface area contributed by atoms with E-state index in [1.165, 1.54) is 24.3 Å². The van der Waals surface area contributed by atoms with Crippen LogP contribution in [0.1, 0.15) is 30.1 Å². The van der Waals surface area contributed by atoms with Crippen molar-refractivity contribution in [3.63, 3.8) is 0 Å². The number of amides is 1. The van der Waals surface area contributed by atoms with E-state index in [2.05, 4.69) is 10.1 Å². The Balaban J connectivity index is 2.06. The first kappa shape index (κ1) is 15.7. The molecule has 0 spiro atoms. The summed E-state index contributed by atoms with van der Waals surface area (Å²) < 4.78 is 28.5. The number of ether oxygens (including phenoxy) is 1. The van der Waals surface area contributed by atoms with Gasteiger partial charge in [-0.25, -0.2) is 0 Å². The molecule has 1 aromatic carbocycles. The highest BCUT2D eigenvalue weighted by atomic mass is 19.3. The van der Waals surface area contributed by atoms with Gasteiger partial charge >= 0.3 is 6.61 Å². The zero-order valence-corrected chi connectivity index (χ0v) is 12.0. The van der Waals surface area contributed by atoms with Crippen LogP contribution in [0.25, 0.3) is 0 Å². The van der Waals surface area contributed by atoms with Crippen molar-refractivity contribution in [1.29, 1.82) is 0 Å². The van der Waals surface area contributed by atoms with Gasteiger partial charge in [-0.05, 0) is 50.6 Å². The maximum absolute atomic E-state index is 12.5. The molecule has 1 N–H and O–H groups in total. The first-order chi connectivity index (χ1) is 10.1. The molecule has 1 amide bonds. The molecule has 0 saturated carbocycles. The first-order valence-corrected chi connectivity index (χ1v) is 7.18. The fourth-order valence-electron chi connectivity index (χ4n) is 2.61. The lowest BCUT2D eigenvalue weighted by Crippen LogP contribution is -2.48. The summed E-state index contributed by atoms with van der Waals surface area (Å²) in [5, 5.41) is 3.29. The molecule has 1 aromatic rings. The van der Waals surface area contributed by atoms with Crippen LogP contribution in [0.15, 0.2) is 24.3 Å². The molecule has 6 heteroatoms. The van der Waals surface area contributed by atoms with E-state index in [4.69, 9.17) is 0 Å². The van der Waals surface area contributed by atoms with Crippen molar-refractivity contribution < 1.29 is 18.3 Å². The lowest BCUT2D eigenvalue weighted by Gasteiger charge is -2.34. The molecule has 4 nitrogen and oxygen atoms in total. The minimum atomic E-state index is -2.85. The van der Waals surface area contributed by atoms with Gasteiger partial charge < -0.3 is 15.0 Å². The predicted molar refractivity (Wildman–Crippen MR) is 75.7 cm³/mol. The first-order valence-electron chi connectivity index (χ1n) is 7.18. The number of nitrogens with zero attached hydrogens (tertiary/aromatic N) is 1. The second kappa shape index (κ2) is 7.36. The number of likely N-dealkylation sites (N-methyl/N-ethyl adjacent to an activating group) is 1. The number of hydrogen-bond acceptors (Lipinski definition) is 3. The highest BCUT2D eigenvalue weighted by Crippen LogP contribution is 2.18. The van der Waals surface area contributed by atoms with Crippen LogP contribution in [0.5, 0.6) is 5.75 Å². The van der Waals surface area contributed by atoms with Gasteiger partial charge in [0.05, 0.1) is 0 Å². The third-order valence-electron chi connectivity index (χ3n) is 3.64. The van der Waals surface area contributed by atoms with Gasteiger partial charge in [0, 0.05) is 24.7 Å². The second-order valence-corrected chi connectivity index (χ2v) is 4.99. The Bertz CT molecular complexity index is 459. The number of benzene rings is 1. The summed E-state index contributed by atoms with van der Waals surface area (Å²) in [5.41, 5.74) is 0.490. The number of halogens is 2. The molecule has 21 heavy (non-hydrogen) atoms. The Morgan fingerprint density at radius 3 is 2.67 bits per heavy atom. The molecule has 1 atom stereocenters. The van der Waals surface area contributed by atoms with Gasteiger partial charge in [0.2, 0.25) is 0 Å². The minimum Gasteiger partial charge on any atom is -0.435 e. The van der Waals surface area contributed by atoms with Gasteiger partial charge in [-0.1, -0.05) is 0 Å². The highest BCUT2D eigenvalue weighted by molar-refractivity contribution is 5.94. The van der Waals surface area contributed by atoms with Gasteiger partial charge in [0.25, 0.3) is 5.91 Å². The van der Waals surface area contributed by atoms with Crippen LogP contribution < -0.4 is 10.1 Å². The molecular weight excluding hydrogens is 278 g/mol. The molecule has 0 aliphatic carbocycles. The van der Waals surface area contributed by atoms with Gasteiger partial charge in [0.1, 0.15) is 5.75 Å². The van der Waals surface area contributed by atoms with Gasteiger partial charge in [0.15, 0.2) is 0 Å². The topological polar surface area (TPSA) is 41.6 Å². The highest BCUT2D eigenvalue weighted by Gasteiger charge is 2.24. The molecule has 116 valence electrons. The number of nitrogens with one attached hydrogen (secondary N) is 1. The van der Waals surface area contributed by atoms with E-state index >= 15 is 0 Å². The largest absolute Gasteiger partial charge is 0.435 e. The van der Waals surface area contributed by atoms with Crippen molar-refractivity contribution in [2.45, 2.75) is 32.4 Å². The number of alkyl halides is 2. The van der Waals surface area contributed by atoms with Crippen LogP contribution in [-0.4, -0.2) is 43.1 Å². The Kier molecular flexibility index (Phi) is 5.50. The second-order valence-electron chi connectivity index (χ2n) is 4.99. The van der Waals surface area contributed by atoms with E-state index in [9.17, 15) is 13.6 Å². The number of rotatable bonds is 5. The predicted octanol–water partition coefficient (Wildman–Crippen LogP) is 2.50. The summed E-state index contributed by atoms with van der Waals surface area (Å²) >= 11 is 0. The van der Waals surface area contributed by atoms with Gasteiger partial charge in [-0.2, -0.15) is 8.78 Å². The lowest BCUT2D eigenvalue weighted by atomic mass is 10.0. The summed E-state index contributed by atoms with van der Waals surface area (Å²) in [4.78, 5) is 14.3. The Hall–Kier alpha value is -1.69. The maximum atomic E-state index is 12.5. The average molecular weight is 298 g/mol. The van der Waals surface area contributed by atoms with Crippen LogP contribution in [-0.2, 0) is 0 Å². The molecular formula is C15H20F2N2O2. The molecule has 2 rings (SSSR count). The lowest BCUT2D eigenvalue weighted by molar-refractivity contribution is -0.0498. The third-order valence-corrected chi connectivity index (χ3v) is 3.64. The Morgan fingerprint density at radius 1 is 1.43 bits per heavy atom. The van der Waals surface area contributed by atoms with Crippen LogP contribution in [0, 0.1) is 0 Å². The van der Waals surface area contributed by atoms with Gasteiger partial charge in [-0.15, -0.1) is 0 Å². The quantitative estimate of drug-likeness (QED) is 0.908. The number of carbonyl (C=O) groups excluding carboxylic acids is 1. The fourth-order valence-corrected chi connectivity index (χ4v) is 2.61. The van der Waals surface area contributed by atoms with Crippen LogP contribution >= 0.6 is 0 Å². The Morgan fingerprint density at radius 2 is 2.14 bits per heavy atom. The molecule has 1 fully saturated rings. The molecule has 0 bridgehead atoms. The minimum absolute atomic E-state index is 0.0592. The summed E-state index contributed by atoms with van der Waals surface area (Å²) in [7, 11) is 0. The molecule has 0 radical (unpaired) electrons. The number of carbonyl (C=O) groups is 1. The number of piperidine rings is 1. The summed E-state index contributed by atoms with van der Waals surface area (Å²) in [6.07, 6.45) is 2.04. The Labute approximate surface area is 123 Å². The fraction of sp³-hybridized carbons (Fsp3) is 0.533. The normalized spacial score (nSPS) is 18.6. The summed E-state index contributed by atoms with van der Waals surface area (Å²) in [6.45, 7) is 1.50. The van der Waals surface area contributed by atoms with Crippen molar-refractivity contribution in [2.24, 2.45) is 0 Å². The van der Waals surface area contributed by atoms with Crippen LogP contribution in [0.4, 0.5) is 8.78 Å². The zero-order chi connectivity index (χ0) is 15.2. The zero-order valence-electron chi connectivity index (χ0n) is 12.0. The molecule has 1 aliphatic rings. The van der Waals surface area contributed by atoms with Crippen LogP contribution in [0.3, 0.4) is 0 Å². The van der Waals surface area contributed by atoms with E-state index in [0.717, 1.165) is 25.9 Å². The molecule has 1 aliphatic heterocycles. The summed E-state index contributed by atoms with van der Waals surface area (Å²) in [6, 6.07) is 6.03. The molecule has 1 heterocycles. The van der Waals surface area contributed by atoms with Crippen molar-refractivity contribution in [3.8, 4) is 5.75 Å². The average Bonchev–Trinajstić information content (AvgIpc) is 2.49.